The van der Waals surface area contributed by atoms with E-state index in [9.17, 15) is 9.18 Å². The molecular weight excluding hydrogens is 221 g/mol. The molecule has 1 heterocycles. The number of rotatable bonds is 5. The van der Waals surface area contributed by atoms with Crippen LogP contribution in [0.25, 0.3) is 0 Å². The highest BCUT2D eigenvalue weighted by molar-refractivity contribution is 6.18. The fourth-order valence-electron chi connectivity index (χ4n) is 1.15. The lowest BCUT2D eigenvalue weighted by Crippen LogP contribution is -2.04. The van der Waals surface area contributed by atoms with Crippen molar-refractivity contribution in [2.45, 2.75) is 12.8 Å². The molecule has 1 aromatic rings. The highest BCUT2D eigenvalue weighted by Crippen LogP contribution is 2.18. The summed E-state index contributed by atoms with van der Waals surface area (Å²) in [6, 6.07) is 1.13. The zero-order chi connectivity index (χ0) is 11.3. The van der Waals surface area contributed by atoms with Gasteiger partial charge in [0.1, 0.15) is 5.82 Å². The Bertz CT molecular complexity index is 357. The van der Waals surface area contributed by atoms with Gasteiger partial charge in [-0.15, -0.1) is 11.6 Å². The van der Waals surface area contributed by atoms with Gasteiger partial charge >= 0.3 is 0 Å². The summed E-state index contributed by atoms with van der Waals surface area (Å²) in [6.07, 6.45) is 1.84. The molecule has 0 aliphatic rings. The van der Waals surface area contributed by atoms with Crippen molar-refractivity contribution < 1.29 is 13.9 Å². The van der Waals surface area contributed by atoms with E-state index in [0.717, 1.165) is 12.3 Å². The summed E-state index contributed by atoms with van der Waals surface area (Å²) in [5.74, 6) is -0.211. The Morgan fingerprint density at radius 1 is 1.67 bits per heavy atom. The molecule has 0 saturated carbocycles. The number of carbonyl (C=O) groups excluding carboxylic acids is 1. The zero-order valence-corrected chi connectivity index (χ0v) is 9.05. The number of alkyl halides is 1. The molecule has 1 aromatic heterocycles. The molecule has 0 unspecified atom stereocenters. The Morgan fingerprint density at radius 2 is 2.40 bits per heavy atom. The van der Waals surface area contributed by atoms with Gasteiger partial charge in [0.25, 0.3) is 0 Å². The number of carbonyl (C=O) groups is 1. The third-order valence-electron chi connectivity index (χ3n) is 1.85. The number of Topliss-reactive ketones (excluding diaryl/α,β-unsaturated/α-hetero) is 1. The SMILES string of the molecule is COc1ncc(F)cc1C(=O)CCCCl. The third-order valence-corrected chi connectivity index (χ3v) is 2.12. The minimum Gasteiger partial charge on any atom is -0.480 e. The topological polar surface area (TPSA) is 39.2 Å². The molecule has 0 spiro atoms. The second-order valence-electron chi connectivity index (χ2n) is 2.93. The van der Waals surface area contributed by atoms with Crippen LogP contribution in [0, 0.1) is 5.82 Å². The fraction of sp³-hybridized carbons (Fsp3) is 0.400. The number of aromatic nitrogens is 1. The molecule has 0 aliphatic carbocycles. The van der Waals surface area contributed by atoms with Gasteiger partial charge in [-0.2, -0.15) is 0 Å². The maximum Gasteiger partial charge on any atom is 0.224 e. The van der Waals surface area contributed by atoms with E-state index in [-0.39, 0.29) is 23.6 Å². The normalized spacial score (nSPS) is 10.1. The molecule has 0 fully saturated rings. The Hall–Kier alpha value is -1.16. The summed E-state index contributed by atoms with van der Waals surface area (Å²) in [5, 5.41) is 0. The van der Waals surface area contributed by atoms with Crippen molar-refractivity contribution in [1.29, 1.82) is 0 Å². The molecule has 0 atom stereocenters. The summed E-state index contributed by atoms with van der Waals surface area (Å²) < 4.78 is 17.7. The highest BCUT2D eigenvalue weighted by Gasteiger charge is 2.14. The first-order valence-corrected chi connectivity index (χ1v) is 5.01. The van der Waals surface area contributed by atoms with Crippen LogP contribution in [0.4, 0.5) is 4.39 Å². The van der Waals surface area contributed by atoms with E-state index < -0.39 is 5.82 Å². The van der Waals surface area contributed by atoms with Crippen molar-refractivity contribution in [2.75, 3.05) is 13.0 Å². The molecule has 0 aliphatic heterocycles. The van der Waals surface area contributed by atoms with E-state index in [1.54, 1.807) is 0 Å². The number of pyridine rings is 1. The number of methoxy groups -OCH3 is 1. The first-order chi connectivity index (χ1) is 7.19. The van der Waals surface area contributed by atoms with Crippen LogP contribution in [0.3, 0.4) is 0 Å². The Morgan fingerprint density at radius 3 is 3.00 bits per heavy atom. The number of halogens is 2. The molecule has 82 valence electrons. The van der Waals surface area contributed by atoms with Gasteiger partial charge in [0.05, 0.1) is 18.9 Å². The average Bonchev–Trinajstić information content (AvgIpc) is 2.25. The van der Waals surface area contributed by atoms with Crippen molar-refractivity contribution in [1.82, 2.24) is 4.98 Å². The van der Waals surface area contributed by atoms with Crippen molar-refractivity contribution in [3.8, 4) is 5.88 Å². The predicted molar refractivity (Wildman–Crippen MR) is 55.0 cm³/mol. The van der Waals surface area contributed by atoms with Crippen LogP contribution in [-0.4, -0.2) is 23.8 Å². The van der Waals surface area contributed by atoms with Gasteiger partial charge in [0.15, 0.2) is 5.78 Å². The van der Waals surface area contributed by atoms with Crippen molar-refractivity contribution in [2.24, 2.45) is 0 Å². The molecule has 0 radical (unpaired) electrons. The standard InChI is InChI=1S/C10H11ClFNO2/c1-15-10-8(5-7(12)6-13-10)9(14)3-2-4-11/h5-6H,2-4H2,1H3. The molecule has 0 amide bonds. The van der Waals surface area contributed by atoms with Crippen LogP contribution in [0.1, 0.15) is 23.2 Å². The summed E-state index contributed by atoms with van der Waals surface area (Å²) >= 11 is 5.46. The van der Waals surface area contributed by atoms with Crippen LogP contribution < -0.4 is 4.74 Å². The van der Waals surface area contributed by atoms with Crippen LogP contribution in [0.2, 0.25) is 0 Å². The van der Waals surface area contributed by atoms with E-state index in [0.29, 0.717) is 12.3 Å². The molecular formula is C10H11ClFNO2. The zero-order valence-electron chi connectivity index (χ0n) is 8.30. The lowest BCUT2D eigenvalue weighted by Gasteiger charge is -2.05. The number of hydrogen-bond donors (Lipinski definition) is 0. The van der Waals surface area contributed by atoms with E-state index in [2.05, 4.69) is 4.98 Å². The summed E-state index contributed by atoms with van der Waals surface area (Å²) in [5.41, 5.74) is 0.169. The molecule has 0 bridgehead atoms. The summed E-state index contributed by atoms with van der Waals surface area (Å²) in [7, 11) is 1.39. The van der Waals surface area contributed by atoms with Crippen molar-refractivity contribution in [3.63, 3.8) is 0 Å². The second kappa shape index (κ2) is 5.66. The second-order valence-corrected chi connectivity index (χ2v) is 3.30. The van der Waals surface area contributed by atoms with Crippen LogP contribution in [-0.2, 0) is 0 Å². The Balaban J connectivity index is 2.90. The Kier molecular flexibility index (Phi) is 4.49. The van der Waals surface area contributed by atoms with Gasteiger partial charge in [-0.25, -0.2) is 9.37 Å². The summed E-state index contributed by atoms with van der Waals surface area (Å²) in [6.45, 7) is 0. The number of ether oxygens (including phenoxy) is 1. The number of ketones is 1. The molecule has 0 N–H and O–H groups in total. The lowest BCUT2D eigenvalue weighted by atomic mass is 10.1. The van der Waals surface area contributed by atoms with Gasteiger partial charge in [-0.05, 0) is 12.5 Å². The largest absolute Gasteiger partial charge is 0.480 e. The van der Waals surface area contributed by atoms with Gasteiger partial charge < -0.3 is 4.74 Å². The molecule has 5 heteroatoms. The van der Waals surface area contributed by atoms with Crippen molar-refractivity contribution in [3.05, 3.63) is 23.6 Å². The quantitative estimate of drug-likeness (QED) is 0.577. The minimum atomic E-state index is -0.551. The monoisotopic (exact) mass is 231 g/mol. The first-order valence-electron chi connectivity index (χ1n) is 4.47. The molecule has 0 aromatic carbocycles. The fourth-order valence-corrected chi connectivity index (χ4v) is 1.28. The van der Waals surface area contributed by atoms with Crippen LogP contribution >= 0.6 is 11.6 Å². The molecule has 3 nitrogen and oxygen atoms in total. The smallest absolute Gasteiger partial charge is 0.224 e. The van der Waals surface area contributed by atoms with Crippen LogP contribution in [0.15, 0.2) is 12.3 Å². The first kappa shape index (κ1) is 11.9. The van der Waals surface area contributed by atoms with Gasteiger partial charge in [-0.1, -0.05) is 0 Å². The van der Waals surface area contributed by atoms with Gasteiger partial charge in [0, 0.05) is 12.3 Å². The minimum absolute atomic E-state index is 0.149. The predicted octanol–water partition coefficient (Wildman–Crippen LogP) is 2.43. The van der Waals surface area contributed by atoms with Crippen molar-refractivity contribution >= 4 is 17.4 Å². The third kappa shape index (κ3) is 3.16. The van der Waals surface area contributed by atoms with E-state index in [4.69, 9.17) is 16.3 Å². The van der Waals surface area contributed by atoms with E-state index >= 15 is 0 Å². The molecule has 0 saturated heterocycles. The van der Waals surface area contributed by atoms with Gasteiger partial charge in [0.2, 0.25) is 5.88 Å². The maximum atomic E-state index is 12.9. The number of nitrogens with zero attached hydrogens (tertiary/aromatic N) is 1. The number of hydrogen-bond acceptors (Lipinski definition) is 3. The van der Waals surface area contributed by atoms with E-state index in [1.165, 1.54) is 7.11 Å². The van der Waals surface area contributed by atoms with Crippen LogP contribution in [0.5, 0.6) is 5.88 Å². The van der Waals surface area contributed by atoms with Gasteiger partial charge in [-0.3, -0.25) is 4.79 Å². The van der Waals surface area contributed by atoms with E-state index in [1.807, 2.05) is 0 Å². The molecule has 1 rings (SSSR count). The Labute approximate surface area is 92.2 Å². The lowest BCUT2D eigenvalue weighted by molar-refractivity contribution is 0.0977. The average molecular weight is 232 g/mol. The maximum absolute atomic E-state index is 12.9. The summed E-state index contributed by atoms with van der Waals surface area (Å²) in [4.78, 5) is 15.3. The highest BCUT2D eigenvalue weighted by atomic mass is 35.5. The molecule has 15 heavy (non-hydrogen) atoms.